The molecule has 0 aromatic heterocycles. The van der Waals surface area contributed by atoms with E-state index < -0.39 is 6.03 Å². The van der Waals surface area contributed by atoms with Crippen LogP contribution in [0.2, 0.25) is 0 Å². The van der Waals surface area contributed by atoms with Crippen LogP contribution in [0.5, 0.6) is 0 Å². The molecule has 0 saturated carbocycles. The maximum Gasteiger partial charge on any atom is 0.333 e. The molecule has 1 aromatic carbocycles. The van der Waals surface area contributed by atoms with Crippen molar-refractivity contribution in [1.29, 1.82) is 0 Å². The minimum Gasteiger partial charge on any atom is -0.307 e. The number of anilines is 1. The third kappa shape index (κ3) is 3.04. The lowest BCUT2D eigenvalue weighted by atomic mass is 10.1. The fourth-order valence-electron chi connectivity index (χ4n) is 1.04. The first-order valence-corrected chi connectivity index (χ1v) is 4.21. The molecule has 0 aliphatic carbocycles. The Kier molecular flexibility index (Phi) is 3.90. The number of hydrogen-bond donors (Lipinski definition) is 3. The Bertz CT molecular complexity index is 297. The second-order valence-electron chi connectivity index (χ2n) is 2.75. The van der Waals surface area contributed by atoms with Crippen LogP contribution in [0.1, 0.15) is 5.56 Å². The Balaban J connectivity index is 2.59. The largest absolute Gasteiger partial charge is 0.333 e. The molecule has 0 spiro atoms. The molecular formula is C9H12N3O2. The molecule has 0 aliphatic heterocycles. The van der Waals surface area contributed by atoms with E-state index >= 15 is 0 Å². The second kappa shape index (κ2) is 5.21. The van der Waals surface area contributed by atoms with Crippen molar-refractivity contribution in [3.8, 4) is 0 Å². The predicted molar refractivity (Wildman–Crippen MR) is 52.0 cm³/mol. The molecule has 0 saturated heterocycles. The molecule has 2 amide bonds. The lowest BCUT2D eigenvalue weighted by Gasteiger charge is -2.04. The van der Waals surface area contributed by atoms with Crippen LogP contribution < -0.4 is 16.6 Å². The molecule has 1 aromatic rings. The van der Waals surface area contributed by atoms with E-state index in [2.05, 4.69) is 5.32 Å². The number of nitrogens with one attached hydrogen (secondary N) is 2. The van der Waals surface area contributed by atoms with Crippen molar-refractivity contribution >= 4 is 11.7 Å². The summed E-state index contributed by atoms with van der Waals surface area (Å²) >= 11 is 0. The van der Waals surface area contributed by atoms with Gasteiger partial charge in [-0.2, -0.15) is 0 Å². The van der Waals surface area contributed by atoms with Gasteiger partial charge in [0.1, 0.15) is 0 Å². The highest BCUT2D eigenvalue weighted by molar-refractivity contribution is 5.88. The van der Waals surface area contributed by atoms with Crippen molar-refractivity contribution in [3.63, 3.8) is 0 Å². The highest BCUT2D eigenvalue weighted by Crippen LogP contribution is 2.09. The van der Waals surface area contributed by atoms with Crippen LogP contribution in [0, 0.1) is 0 Å². The first-order chi connectivity index (χ1) is 6.76. The molecule has 0 fully saturated rings. The number of amides is 2. The number of nitrogens with two attached hydrogens (primary N) is 1. The second-order valence-corrected chi connectivity index (χ2v) is 2.75. The van der Waals surface area contributed by atoms with Gasteiger partial charge in [-0.05, 0) is 24.1 Å². The van der Waals surface area contributed by atoms with E-state index in [0.717, 1.165) is 5.56 Å². The molecule has 4 N–H and O–H groups in total. The van der Waals surface area contributed by atoms with Crippen LogP contribution >= 0.6 is 0 Å². The van der Waals surface area contributed by atoms with Crippen molar-refractivity contribution in [2.45, 2.75) is 6.42 Å². The average molecular weight is 194 g/mol. The zero-order chi connectivity index (χ0) is 10.4. The van der Waals surface area contributed by atoms with Gasteiger partial charge >= 0.3 is 6.03 Å². The Morgan fingerprint density at radius 1 is 1.29 bits per heavy atom. The van der Waals surface area contributed by atoms with Crippen molar-refractivity contribution in [2.75, 3.05) is 11.9 Å². The molecule has 5 nitrogen and oxygen atoms in total. The lowest BCUT2D eigenvalue weighted by Crippen LogP contribution is -2.34. The summed E-state index contributed by atoms with van der Waals surface area (Å²) in [5.74, 6) is 4.89. The fraction of sp³-hybridized carbons (Fsp3) is 0.222. The SMILES string of the molecule is NNC(=O)Nc1ccc(CC[O])cc1. The number of carbonyl (C=O) groups excluding carboxylic acids is 1. The number of benzene rings is 1. The van der Waals surface area contributed by atoms with E-state index in [9.17, 15) is 9.90 Å². The number of carbonyl (C=O) groups is 1. The van der Waals surface area contributed by atoms with Crippen LogP contribution in [0.4, 0.5) is 10.5 Å². The highest BCUT2D eigenvalue weighted by Gasteiger charge is 1.98. The number of rotatable bonds is 3. The van der Waals surface area contributed by atoms with Crippen LogP contribution in [-0.4, -0.2) is 12.6 Å². The van der Waals surface area contributed by atoms with Crippen molar-refractivity contribution in [1.82, 2.24) is 5.43 Å². The van der Waals surface area contributed by atoms with E-state index in [4.69, 9.17) is 5.84 Å². The third-order valence-electron chi connectivity index (χ3n) is 1.73. The zero-order valence-corrected chi connectivity index (χ0v) is 7.62. The van der Waals surface area contributed by atoms with E-state index in [0.29, 0.717) is 12.1 Å². The summed E-state index contributed by atoms with van der Waals surface area (Å²) in [7, 11) is 0. The molecule has 0 heterocycles. The molecule has 0 bridgehead atoms. The van der Waals surface area contributed by atoms with E-state index in [1.165, 1.54) is 0 Å². The summed E-state index contributed by atoms with van der Waals surface area (Å²) in [6.07, 6.45) is 0.503. The summed E-state index contributed by atoms with van der Waals surface area (Å²) in [6.45, 7) is -0.129. The first kappa shape index (κ1) is 10.5. The highest BCUT2D eigenvalue weighted by atomic mass is 16.3. The fourth-order valence-corrected chi connectivity index (χ4v) is 1.04. The minimum atomic E-state index is -0.471. The monoisotopic (exact) mass is 194 g/mol. The zero-order valence-electron chi connectivity index (χ0n) is 7.62. The van der Waals surface area contributed by atoms with Gasteiger partial charge < -0.3 is 5.32 Å². The van der Waals surface area contributed by atoms with Crippen LogP contribution in [0.25, 0.3) is 0 Å². The Morgan fingerprint density at radius 2 is 1.93 bits per heavy atom. The molecule has 0 unspecified atom stereocenters. The Hall–Kier alpha value is -1.59. The maximum atomic E-state index is 10.8. The van der Waals surface area contributed by atoms with Gasteiger partial charge in [0.2, 0.25) is 0 Å². The standard InChI is InChI=1S/C9H12N3O2/c10-12-9(14)11-8-3-1-7(2-4-8)5-6-13/h1-4H,5-6,10H2,(H2,11,12,14). The predicted octanol–water partition coefficient (Wildman–Crippen LogP) is 0.655. The van der Waals surface area contributed by atoms with Gasteiger partial charge in [0, 0.05) is 5.69 Å². The Morgan fingerprint density at radius 3 is 2.43 bits per heavy atom. The van der Waals surface area contributed by atoms with Crippen LogP contribution in [-0.2, 0) is 11.5 Å². The molecular weight excluding hydrogens is 182 g/mol. The Labute approximate surface area is 81.9 Å². The smallest absolute Gasteiger partial charge is 0.307 e. The molecule has 14 heavy (non-hydrogen) atoms. The van der Waals surface area contributed by atoms with Crippen molar-refractivity contribution in [2.24, 2.45) is 5.84 Å². The van der Waals surface area contributed by atoms with Gasteiger partial charge in [-0.25, -0.2) is 15.7 Å². The topological polar surface area (TPSA) is 87.0 Å². The number of hydrazine groups is 1. The summed E-state index contributed by atoms with van der Waals surface area (Å²) < 4.78 is 0. The van der Waals surface area contributed by atoms with Gasteiger partial charge in [0.05, 0.1) is 6.61 Å². The lowest BCUT2D eigenvalue weighted by molar-refractivity contribution is 0.197. The van der Waals surface area contributed by atoms with Gasteiger partial charge in [-0.15, -0.1) is 0 Å². The summed E-state index contributed by atoms with van der Waals surface area (Å²) in [6, 6.07) is 6.57. The van der Waals surface area contributed by atoms with Gasteiger partial charge in [0.25, 0.3) is 0 Å². The minimum absolute atomic E-state index is 0.129. The number of hydrogen-bond acceptors (Lipinski definition) is 2. The average Bonchev–Trinajstić information content (AvgIpc) is 2.21. The molecule has 75 valence electrons. The molecule has 5 heteroatoms. The normalized spacial score (nSPS) is 9.57. The van der Waals surface area contributed by atoms with Gasteiger partial charge in [-0.3, -0.25) is 5.43 Å². The van der Waals surface area contributed by atoms with E-state index in [-0.39, 0.29) is 6.61 Å². The molecule has 0 aliphatic rings. The van der Waals surface area contributed by atoms with E-state index in [1.807, 2.05) is 5.43 Å². The molecule has 1 radical (unpaired) electrons. The number of urea groups is 1. The van der Waals surface area contributed by atoms with Crippen molar-refractivity contribution < 1.29 is 9.90 Å². The quantitative estimate of drug-likeness (QED) is 0.375. The van der Waals surface area contributed by atoms with Gasteiger partial charge in [0.15, 0.2) is 0 Å². The summed E-state index contributed by atoms with van der Waals surface area (Å²) in [5.41, 5.74) is 3.55. The van der Waals surface area contributed by atoms with Crippen molar-refractivity contribution in [3.05, 3.63) is 29.8 Å². The molecule has 0 atom stereocenters. The first-order valence-electron chi connectivity index (χ1n) is 4.21. The van der Waals surface area contributed by atoms with Crippen LogP contribution in [0.3, 0.4) is 0 Å². The summed E-state index contributed by atoms with van der Waals surface area (Å²) in [5, 5.41) is 12.8. The third-order valence-corrected chi connectivity index (χ3v) is 1.73. The van der Waals surface area contributed by atoms with E-state index in [1.54, 1.807) is 24.3 Å². The van der Waals surface area contributed by atoms with Gasteiger partial charge in [-0.1, -0.05) is 12.1 Å². The van der Waals surface area contributed by atoms with Crippen LogP contribution in [0.15, 0.2) is 24.3 Å². The summed E-state index contributed by atoms with van der Waals surface area (Å²) in [4.78, 5) is 10.8. The maximum absolute atomic E-state index is 10.8. The molecule has 1 rings (SSSR count).